The first kappa shape index (κ1) is 30.2. The molecular formula is C29H56O2. The molecule has 0 aliphatic heterocycles. The van der Waals surface area contributed by atoms with Crippen LogP contribution in [0.4, 0.5) is 0 Å². The molecule has 2 nitrogen and oxygen atoms in total. The van der Waals surface area contributed by atoms with Crippen LogP contribution in [-0.4, -0.2) is 12.6 Å². The Bertz CT molecular complexity index is 388. The zero-order valence-electron chi connectivity index (χ0n) is 21.5. The van der Waals surface area contributed by atoms with Gasteiger partial charge >= 0.3 is 5.97 Å². The van der Waals surface area contributed by atoms with Crippen molar-refractivity contribution in [3.8, 4) is 0 Å². The van der Waals surface area contributed by atoms with Gasteiger partial charge in [-0.25, -0.2) is 0 Å². The maximum atomic E-state index is 11.6. The second-order valence-corrected chi connectivity index (χ2v) is 9.75. The molecule has 0 saturated carbocycles. The Labute approximate surface area is 196 Å². The maximum absolute atomic E-state index is 11.6. The lowest BCUT2D eigenvalue weighted by Crippen LogP contribution is -2.05. The minimum atomic E-state index is -0.0425. The van der Waals surface area contributed by atoms with Gasteiger partial charge in [0, 0.05) is 12.8 Å². The highest BCUT2D eigenvalue weighted by molar-refractivity contribution is 5.69. The average molecular weight is 437 g/mol. The Morgan fingerprint density at radius 2 is 0.871 bits per heavy atom. The highest BCUT2D eigenvalue weighted by Crippen LogP contribution is 2.15. The summed E-state index contributed by atoms with van der Waals surface area (Å²) in [6.07, 6.45) is 30.5. The number of unbranched alkanes of at least 4 members (excludes halogenated alkanes) is 20. The molecule has 0 aromatic rings. The molecule has 0 rings (SSSR count). The fourth-order valence-electron chi connectivity index (χ4n) is 4.11. The molecule has 2 heteroatoms. The van der Waals surface area contributed by atoms with E-state index in [0.29, 0.717) is 13.0 Å². The number of carbonyl (C=O) groups excluding carboxylic acids is 1. The number of ether oxygens (including phenoxy) is 1. The van der Waals surface area contributed by atoms with Gasteiger partial charge in [0.2, 0.25) is 0 Å². The summed E-state index contributed by atoms with van der Waals surface area (Å²) in [6.45, 7) is 8.57. The van der Waals surface area contributed by atoms with Gasteiger partial charge in [-0.1, -0.05) is 141 Å². The number of carbonyl (C=O) groups is 1. The van der Waals surface area contributed by atoms with Gasteiger partial charge in [-0.2, -0.15) is 0 Å². The van der Waals surface area contributed by atoms with Crippen LogP contribution in [0.5, 0.6) is 0 Å². The summed E-state index contributed by atoms with van der Waals surface area (Å²) in [4.78, 5) is 11.6. The summed E-state index contributed by atoms with van der Waals surface area (Å²) in [6, 6.07) is 0. The van der Waals surface area contributed by atoms with Crippen molar-refractivity contribution in [3.63, 3.8) is 0 Å². The quantitative estimate of drug-likeness (QED) is 0.0808. The van der Waals surface area contributed by atoms with E-state index < -0.39 is 0 Å². The van der Waals surface area contributed by atoms with Crippen molar-refractivity contribution in [2.75, 3.05) is 6.61 Å². The molecule has 184 valence electrons. The average Bonchev–Trinajstić information content (AvgIpc) is 2.74. The van der Waals surface area contributed by atoms with Gasteiger partial charge < -0.3 is 4.74 Å². The van der Waals surface area contributed by atoms with E-state index in [0.717, 1.165) is 24.8 Å². The maximum Gasteiger partial charge on any atom is 0.305 e. The summed E-state index contributed by atoms with van der Waals surface area (Å²) >= 11 is 0. The molecule has 0 saturated heterocycles. The summed E-state index contributed by atoms with van der Waals surface area (Å²) in [5.74, 6) is -0.0425. The topological polar surface area (TPSA) is 26.3 Å². The van der Waals surface area contributed by atoms with Crippen molar-refractivity contribution < 1.29 is 9.53 Å². The minimum Gasteiger partial charge on any atom is -0.465 e. The Hall–Kier alpha value is -0.790. The molecule has 0 aromatic heterocycles. The van der Waals surface area contributed by atoms with Gasteiger partial charge in [0.15, 0.2) is 0 Å². The number of rotatable bonds is 25. The van der Waals surface area contributed by atoms with Crippen LogP contribution in [0.25, 0.3) is 0 Å². The lowest BCUT2D eigenvalue weighted by molar-refractivity contribution is -0.143. The Kier molecular flexibility index (Phi) is 24.8. The SMILES string of the molecule is C=C(C)CCOC(=O)CCCCCCCCCCCCCCCCCCCCCCC. The Morgan fingerprint density at radius 1 is 0.548 bits per heavy atom. The predicted octanol–water partition coefficient (Wildman–Crippen LogP) is 10.1. The van der Waals surface area contributed by atoms with Crippen molar-refractivity contribution in [1.29, 1.82) is 0 Å². The number of esters is 1. The van der Waals surface area contributed by atoms with Crippen molar-refractivity contribution >= 4 is 5.97 Å². The summed E-state index contributed by atoms with van der Waals surface area (Å²) < 4.78 is 5.20. The molecule has 0 N–H and O–H groups in total. The number of hydrogen-bond donors (Lipinski definition) is 0. The lowest BCUT2D eigenvalue weighted by atomic mass is 10.0. The van der Waals surface area contributed by atoms with E-state index in [4.69, 9.17) is 4.74 Å². The first-order valence-corrected chi connectivity index (χ1v) is 14.0. The first-order valence-electron chi connectivity index (χ1n) is 14.0. The van der Waals surface area contributed by atoms with Crippen LogP contribution in [0.15, 0.2) is 12.2 Å². The van der Waals surface area contributed by atoms with E-state index in [2.05, 4.69) is 13.5 Å². The third-order valence-electron chi connectivity index (χ3n) is 6.28. The number of hydrogen-bond acceptors (Lipinski definition) is 2. The Balaban J connectivity index is 3.09. The zero-order valence-corrected chi connectivity index (χ0v) is 21.5. The molecule has 0 amide bonds. The van der Waals surface area contributed by atoms with Crippen molar-refractivity contribution in [2.24, 2.45) is 0 Å². The van der Waals surface area contributed by atoms with Gasteiger partial charge in [0.1, 0.15) is 0 Å². The van der Waals surface area contributed by atoms with Crippen LogP contribution < -0.4 is 0 Å². The van der Waals surface area contributed by atoms with Gasteiger partial charge in [0.25, 0.3) is 0 Å². The smallest absolute Gasteiger partial charge is 0.305 e. The van der Waals surface area contributed by atoms with Gasteiger partial charge in [-0.3, -0.25) is 4.79 Å². The van der Waals surface area contributed by atoms with Gasteiger partial charge in [-0.15, -0.1) is 6.58 Å². The first-order chi connectivity index (χ1) is 15.2. The standard InChI is InChI=1S/C29H56O2/c1-4-5-6-7-8-9-10-11-12-13-14-15-16-17-18-19-20-21-22-23-24-25-29(30)31-27-26-28(2)3/h2,4-27H2,1,3H3. The second kappa shape index (κ2) is 25.5. The minimum absolute atomic E-state index is 0.0425. The fraction of sp³-hybridized carbons (Fsp3) is 0.897. The monoisotopic (exact) mass is 436 g/mol. The van der Waals surface area contributed by atoms with Crippen LogP contribution in [0, 0.1) is 0 Å². The largest absolute Gasteiger partial charge is 0.465 e. The second-order valence-electron chi connectivity index (χ2n) is 9.75. The van der Waals surface area contributed by atoms with E-state index in [1.54, 1.807) is 0 Å². The summed E-state index contributed by atoms with van der Waals surface area (Å²) in [5, 5.41) is 0. The fourth-order valence-corrected chi connectivity index (χ4v) is 4.11. The molecule has 0 aliphatic rings. The highest BCUT2D eigenvalue weighted by Gasteiger charge is 2.02. The molecule has 0 heterocycles. The summed E-state index contributed by atoms with van der Waals surface area (Å²) in [7, 11) is 0. The molecule has 0 aliphatic carbocycles. The van der Waals surface area contributed by atoms with E-state index in [9.17, 15) is 4.79 Å². The molecule has 0 atom stereocenters. The predicted molar refractivity (Wildman–Crippen MR) is 138 cm³/mol. The third kappa shape index (κ3) is 27.2. The molecule has 0 fully saturated rings. The molecule has 0 unspecified atom stereocenters. The van der Waals surface area contributed by atoms with Crippen LogP contribution in [0.1, 0.15) is 162 Å². The van der Waals surface area contributed by atoms with Crippen LogP contribution in [0.3, 0.4) is 0 Å². The summed E-state index contributed by atoms with van der Waals surface area (Å²) in [5.41, 5.74) is 1.07. The van der Waals surface area contributed by atoms with E-state index in [-0.39, 0.29) is 5.97 Å². The van der Waals surface area contributed by atoms with Crippen molar-refractivity contribution in [3.05, 3.63) is 12.2 Å². The third-order valence-corrected chi connectivity index (χ3v) is 6.28. The molecule has 0 bridgehead atoms. The van der Waals surface area contributed by atoms with Crippen molar-refractivity contribution in [2.45, 2.75) is 162 Å². The van der Waals surface area contributed by atoms with Crippen molar-refractivity contribution in [1.82, 2.24) is 0 Å². The van der Waals surface area contributed by atoms with Crippen LogP contribution in [0.2, 0.25) is 0 Å². The van der Waals surface area contributed by atoms with E-state index >= 15 is 0 Å². The highest BCUT2D eigenvalue weighted by atomic mass is 16.5. The molecule has 0 aromatic carbocycles. The normalized spacial score (nSPS) is 11.0. The van der Waals surface area contributed by atoms with Gasteiger partial charge in [-0.05, 0) is 13.3 Å². The molecule has 0 radical (unpaired) electrons. The molecular weight excluding hydrogens is 380 g/mol. The Morgan fingerprint density at radius 3 is 1.19 bits per heavy atom. The van der Waals surface area contributed by atoms with Crippen LogP contribution in [-0.2, 0) is 9.53 Å². The zero-order chi connectivity index (χ0) is 22.8. The van der Waals surface area contributed by atoms with Gasteiger partial charge in [0.05, 0.1) is 6.61 Å². The van der Waals surface area contributed by atoms with E-state index in [1.165, 1.54) is 122 Å². The van der Waals surface area contributed by atoms with Crippen LogP contribution >= 0.6 is 0 Å². The van der Waals surface area contributed by atoms with E-state index in [1.807, 2.05) is 6.92 Å². The molecule has 0 spiro atoms. The molecule has 31 heavy (non-hydrogen) atoms. The lowest BCUT2D eigenvalue weighted by Gasteiger charge is -2.05.